The first-order valence-electron chi connectivity index (χ1n) is 7.62. The monoisotopic (exact) mass is 283 g/mol. The van der Waals surface area contributed by atoms with E-state index < -0.39 is 0 Å². The molecule has 1 aliphatic rings. The molecule has 0 bridgehead atoms. The SMILES string of the molecule is c1ccc(CNc2cc(N3CCCCCC3)ncn2)nc1. The summed E-state index contributed by atoms with van der Waals surface area (Å²) in [6.07, 6.45) is 8.60. The van der Waals surface area contributed by atoms with Gasteiger partial charge >= 0.3 is 0 Å². The van der Waals surface area contributed by atoms with Crippen LogP contribution >= 0.6 is 0 Å². The molecular weight excluding hydrogens is 262 g/mol. The minimum Gasteiger partial charge on any atom is -0.364 e. The van der Waals surface area contributed by atoms with Crippen LogP contribution in [0.4, 0.5) is 11.6 Å². The number of nitrogens with one attached hydrogen (secondary N) is 1. The van der Waals surface area contributed by atoms with Crippen molar-refractivity contribution >= 4 is 11.6 Å². The van der Waals surface area contributed by atoms with Crippen molar-refractivity contribution in [3.63, 3.8) is 0 Å². The molecule has 1 N–H and O–H groups in total. The Balaban J connectivity index is 1.65. The maximum atomic E-state index is 4.42. The quantitative estimate of drug-likeness (QED) is 0.935. The maximum Gasteiger partial charge on any atom is 0.134 e. The Kier molecular flexibility index (Phi) is 4.61. The van der Waals surface area contributed by atoms with Gasteiger partial charge in [-0.1, -0.05) is 18.9 Å². The van der Waals surface area contributed by atoms with Gasteiger partial charge in [0.05, 0.1) is 12.2 Å². The van der Waals surface area contributed by atoms with Crippen molar-refractivity contribution in [1.29, 1.82) is 0 Å². The average molecular weight is 283 g/mol. The molecule has 0 radical (unpaired) electrons. The van der Waals surface area contributed by atoms with Gasteiger partial charge in [-0.25, -0.2) is 9.97 Å². The molecule has 0 atom stereocenters. The summed E-state index contributed by atoms with van der Waals surface area (Å²) in [5.74, 6) is 1.88. The van der Waals surface area contributed by atoms with Gasteiger partial charge in [-0.2, -0.15) is 0 Å². The molecule has 2 aromatic heterocycles. The number of anilines is 2. The fraction of sp³-hybridized carbons (Fsp3) is 0.438. The molecule has 1 fully saturated rings. The second kappa shape index (κ2) is 7.02. The zero-order valence-corrected chi connectivity index (χ0v) is 12.2. The van der Waals surface area contributed by atoms with Crippen LogP contribution in [0.3, 0.4) is 0 Å². The molecule has 0 aromatic carbocycles. The Morgan fingerprint density at radius 1 is 1.00 bits per heavy atom. The van der Waals surface area contributed by atoms with E-state index in [2.05, 4.69) is 25.2 Å². The normalized spacial score (nSPS) is 15.5. The number of aromatic nitrogens is 3. The summed E-state index contributed by atoms with van der Waals surface area (Å²) in [4.78, 5) is 15.4. The van der Waals surface area contributed by atoms with Crippen LogP contribution in [0.25, 0.3) is 0 Å². The zero-order chi connectivity index (χ0) is 14.3. The maximum absolute atomic E-state index is 4.42. The number of rotatable bonds is 4. The first-order chi connectivity index (χ1) is 10.4. The Bertz CT molecular complexity index is 550. The first kappa shape index (κ1) is 13.8. The largest absolute Gasteiger partial charge is 0.364 e. The van der Waals surface area contributed by atoms with Crippen molar-refractivity contribution < 1.29 is 0 Å². The van der Waals surface area contributed by atoms with Crippen LogP contribution in [0.1, 0.15) is 31.4 Å². The molecule has 3 rings (SSSR count). The van der Waals surface area contributed by atoms with Gasteiger partial charge in [0.1, 0.15) is 18.0 Å². The standard InChI is InChI=1S/C16H21N5/c1-2-6-10-21(9-5-1)16-11-15(19-13-20-16)18-12-14-7-3-4-8-17-14/h3-4,7-8,11,13H,1-2,5-6,9-10,12H2,(H,18,19,20). The molecule has 1 aliphatic heterocycles. The van der Waals surface area contributed by atoms with E-state index in [1.165, 1.54) is 25.7 Å². The summed E-state index contributed by atoms with van der Waals surface area (Å²) in [6.45, 7) is 2.87. The minimum absolute atomic E-state index is 0.678. The van der Waals surface area contributed by atoms with Crippen LogP contribution in [-0.2, 0) is 6.54 Å². The predicted octanol–water partition coefficient (Wildman–Crippen LogP) is 2.86. The van der Waals surface area contributed by atoms with E-state index in [0.717, 1.165) is 30.4 Å². The number of pyridine rings is 1. The fourth-order valence-electron chi connectivity index (χ4n) is 2.60. The highest BCUT2D eigenvalue weighted by molar-refractivity contribution is 5.48. The molecule has 0 amide bonds. The van der Waals surface area contributed by atoms with Gasteiger partial charge in [0.2, 0.25) is 0 Å². The lowest BCUT2D eigenvalue weighted by Crippen LogP contribution is -2.25. The summed E-state index contributed by atoms with van der Waals surface area (Å²) in [7, 11) is 0. The highest BCUT2D eigenvalue weighted by Crippen LogP contribution is 2.19. The molecule has 21 heavy (non-hydrogen) atoms. The van der Waals surface area contributed by atoms with Crippen molar-refractivity contribution in [2.24, 2.45) is 0 Å². The van der Waals surface area contributed by atoms with Crippen LogP contribution < -0.4 is 10.2 Å². The smallest absolute Gasteiger partial charge is 0.134 e. The Morgan fingerprint density at radius 2 is 1.86 bits per heavy atom. The van der Waals surface area contributed by atoms with Crippen molar-refractivity contribution in [2.75, 3.05) is 23.3 Å². The molecule has 0 unspecified atom stereocenters. The average Bonchev–Trinajstić information content (AvgIpc) is 2.83. The van der Waals surface area contributed by atoms with Gasteiger partial charge in [-0.15, -0.1) is 0 Å². The van der Waals surface area contributed by atoms with E-state index >= 15 is 0 Å². The van der Waals surface area contributed by atoms with Crippen molar-refractivity contribution in [2.45, 2.75) is 32.2 Å². The van der Waals surface area contributed by atoms with Crippen LogP contribution in [-0.4, -0.2) is 28.0 Å². The first-order valence-corrected chi connectivity index (χ1v) is 7.62. The zero-order valence-electron chi connectivity index (χ0n) is 12.2. The Labute approximate surface area is 125 Å². The van der Waals surface area contributed by atoms with Crippen molar-refractivity contribution in [3.8, 4) is 0 Å². The lowest BCUT2D eigenvalue weighted by atomic mass is 10.2. The topological polar surface area (TPSA) is 53.9 Å². The Morgan fingerprint density at radius 3 is 2.62 bits per heavy atom. The van der Waals surface area contributed by atoms with Crippen molar-refractivity contribution in [3.05, 3.63) is 42.5 Å². The Hall–Kier alpha value is -2.17. The van der Waals surface area contributed by atoms with Crippen LogP contribution in [0.5, 0.6) is 0 Å². The molecule has 2 aromatic rings. The summed E-state index contributed by atoms with van der Waals surface area (Å²) in [5.41, 5.74) is 1.01. The fourth-order valence-corrected chi connectivity index (χ4v) is 2.60. The minimum atomic E-state index is 0.678. The lowest BCUT2D eigenvalue weighted by molar-refractivity contribution is 0.726. The number of hydrogen-bond donors (Lipinski definition) is 1. The van der Waals surface area contributed by atoms with Gasteiger partial charge in [0, 0.05) is 25.4 Å². The van der Waals surface area contributed by atoms with Crippen LogP contribution in [0.2, 0.25) is 0 Å². The molecular formula is C16H21N5. The highest BCUT2D eigenvalue weighted by atomic mass is 15.2. The van der Waals surface area contributed by atoms with Gasteiger partial charge in [-0.3, -0.25) is 4.98 Å². The van der Waals surface area contributed by atoms with E-state index in [1.54, 1.807) is 12.5 Å². The molecule has 5 nitrogen and oxygen atoms in total. The molecule has 110 valence electrons. The van der Waals surface area contributed by atoms with Gasteiger partial charge < -0.3 is 10.2 Å². The molecule has 0 aliphatic carbocycles. The third kappa shape index (κ3) is 3.90. The molecule has 0 spiro atoms. The number of nitrogens with zero attached hydrogens (tertiary/aromatic N) is 4. The molecule has 1 saturated heterocycles. The summed E-state index contributed by atoms with van der Waals surface area (Å²) >= 11 is 0. The second-order valence-electron chi connectivity index (χ2n) is 5.34. The lowest BCUT2D eigenvalue weighted by Gasteiger charge is -2.21. The van der Waals surface area contributed by atoms with Crippen LogP contribution in [0.15, 0.2) is 36.8 Å². The van der Waals surface area contributed by atoms with E-state index in [-0.39, 0.29) is 0 Å². The summed E-state index contributed by atoms with van der Waals surface area (Å²) in [6, 6.07) is 7.95. The third-order valence-corrected chi connectivity index (χ3v) is 3.76. The van der Waals surface area contributed by atoms with Gasteiger partial charge in [-0.05, 0) is 25.0 Å². The number of hydrogen-bond acceptors (Lipinski definition) is 5. The highest BCUT2D eigenvalue weighted by Gasteiger charge is 2.11. The van der Waals surface area contributed by atoms with E-state index in [0.29, 0.717) is 6.54 Å². The predicted molar refractivity (Wildman–Crippen MR) is 84.3 cm³/mol. The molecule has 5 heteroatoms. The van der Waals surface area contributed by atoms with E-state index in [9.17, 15) is 0 Å². The summed E-state index contributed by atoms with van der Waals surface area (Å²) in [5, 5.41) is 3.32. The van der Waals surface area contributed by atoms with Gasteiger partial charge in [0.15, 0.2) is 0 Å². The van der Waals surface area contributed by atoms with E-state index in [1.807, 2.05) is 24.3 Å². The summed E-state index contributed by atoms with van der Waals surface area (Å²) < 4.78 is 0. The second-order valence-corrected chi connectivity index (χ2v) is 5.34. The third-order valence-electron chi connectivity index (χ3n) is 3.76. The molecule has 0 saturated carbocycles. The molecule has 3 heterocycles. The van der Waals surface area contributed by atoms with Gasteiger partial charge in [0.25, 0.3) is 0 Å². The van der Waals surface area contributed by atoms with Crippen LogP contribution in [0, 0.1) is 0 Å². The van der Waals surface area contributed by atoms with Crippen molar-refractivity contribution in [1.82, 2.24) is 15.0 Å². The van der Waals surface area contributed by atoms with E-state index in [4.69, 9.17) is 0 Å².